The highest BCUT2D eigenvalue weighted by molar-refractivity contribution is 7.98. The molecule has 0 spiro atoms. The molecule has 0 bridgehead atoms. The lowest BCUT2D eigenvalue weighted by molar-refractivity contribution is 0.102. The second-order valence-electron chi connectivity index (χ2n) is 4.43. The van der Waals surface area contributed by atoms with E-state index in [0.29, 0.717) is 22.0 Å². The fourth-order valence-electron chi connectivity index (χ4n) is 1.92. The molecule has 2 aromatic rings. The molecule has 0 aliphatic carbocycles. The van der Waals surface area contributed by atoms with Crippen LogP contribution in [0.25, 0.3) is 0 Å². The van der Waals surface area contributed by atoms with Crippen molar-refractivity contribution in [3.05, 3.63) is 52.5 Å². The number of hydrogen-bond acceptors (Lipinski definition) is 3. The van der Waals surface area contributed by atoms with Crippen LogP contribution in [-0.2, 0) is 0 Å². The van der Waals surface area contributed by atoms with Crippen LogP contribution in [0.3, 0.4) is 0 Å². The molecule has 5 heteroatoms. The van der Waals surface area contributed by atoms with Gasteiger partial charge in [0.2, 0.25) is 0 Å². The van der Waals surface area contributed by atoms with Gasteiger partial charge in [0.05, 0.1) is 12.7 Å². The largest absolute Gasteiger partial charge is 0.496 e. The maximum atomic E-state index is 12.4. The Morgan fingerprint density at radius 3 is 2.71 bits per heavy atom. The Labute approximate surface area is 133 Å². The van der Waals surface area contributed by atoms with Crippen LogP contribution in [0.4, 0.5) is 5.69 Å². The normalized spacial score (nSPS) is 10.3. The van der Waals surface area contributed by atoms with E-state index in [4.69, 9.17) is 16.3 Å². The zero-order chi connectivity index (χ0) is 15.4. The predicted octanol–water partition coefficient (Wildman–Crippen LogP) is 4.63. The second-order valence-corrected chi connectivity index (χ2v) is 5.72. The maximum Gasteiger partial charge on any atom is 0.259 e. The minimum atomic E-state index is -0.218. The molecular formula is C16H16ClNO2S. The summed E-state index contributed by atoms with van der Waals surface area (Å²) in [6.45, 7) is 1.87. The Morgan fingerprint density at radius 1 is 1.29 bits per heavy atom. The molecule has 0 aliphatic rings. The van der Waals surface area contributed by atoms with Crippen LogP contribution in [0, 0.1) is 6.92 Å². The third-order valence-electron chi connectivity index (χ3n) is 3.17. The summed E-state index contributed by atoms with van der Waals surface area (Å²) in [6.07, 6.45) is 1.98. The zero-order valence-corrected chi connectivity index (χ0v) is 13.6. The first-order chi connectivity index (χ1) is 10.1. The van der Waals surface area contributed by atoms with E-state index in [1.165, 1.54) is 0 Å². The number of rotatable bonds is 4. The minimum Gasteiger partial charge on any atom is -0.496 e. The van der Waals surface area contributed by atoms with Crippen molar-refractivity contribution in [1.82, 2.24) is 0 Å². The number of carbonyl (C=O) groups is 1. The van der Waals surface area contributed by atoms with Gasteiger partial charge in [0, 0.05) is 15.6 Å². The summed E-state index contributed by atoms with van der Waals surface area (Å²) in [5.74, 6) is 0.337. The number of carbonyl (C=O) groups excluding carboxylic acids is 1. The number of methoxy groups -OCH3 is 1. The molecule has 0 heterocycles. The molecule has 1 N–H and O–H groups in total. The van der Waals surface area contributed by atoms with E-state index in [9.17, 15) is 4.79 Å². The van der Waals surface area contributed by atoms with Gasteiger partial charge < -0.3 is 10.1 Å². The van der Waals surface area contributed by atoms with E-state index < -0.39 is 0 Å². The maximum absolute atomic E-state index is 12.4. The molecule has 0 saturated carbocycles. The number of ether oxygens (including phenoxy) is 1. The van der Waals surface area contributed by atoms with Crippen molar-refractivity contribution in [3.63, 3.8) is 0 Å². The summed E-state index contributed by atoms with van der Waals surface area (Å²) >= 11 is 7.66. The minimum absolute atomic E-state index is 0.218. The Kier molecular flexibility index (Phi) is 5.15. The fourth-order valence-corrected chi connectivity index (χ4v) is 2.52. The Hall–Kier alpha value is -1.65. The summed E-state index contributed by atoms with van der Waals surface area (Å²) in [5, 5.41) is 3.49. The number of benzene rings is 2. The molecule has 0 fully saturated rings. The van der Waals surface area contributed by atoms with Gasteiger partial charge in [-0.05, 0) is 49.1 Å². The van der Waals surface area contributed by atoms with Crippen molar-refractivity contribution in [3.8, 4) is 5.75 Å². The smallest absolute Gasteiger partial charge is 0.259 e. The summed E-state index contributed by atoms with van der Waals surface area (Å²) in [6, 6.07) is 10.9. The Balaban J connectivity index is 2.30. The van der Waals surface area contributed by atoms with E-state index in [2.05, 4.69) is 5.32 Å². The van der Waals surface area contributed by atoms with Crippen LogP contribution in [0.2, 0.25) is 5.02 Å². The Bertz CT molecular complexity index is 673. The molecule has 0 atom stereocenters. The Morgan fingerprint density at radius 2 is 2.05 bits per heavy atom. The van der Waals surface area contributed by atoms with E-state index in [0.717, 1.165) is 10.5 Å². The molecule has 0 aliphatic heterocycles. The van der Waals surface area contributed by atoms with Gasteiger partial charge in [-0.25, -0.2) is 0 Å². The first-order valence-electron chi connectivity index (χ1n) is 6.35. The molecule has 2 aromatic carbocycles. The summed E-state index contributed by atoms with van der Waals surface area (Å²) in [7, 11) is 1.56. The van der Waals surface area contributed by atoms with Gasteiger partial charge in [0.15, 0.2) is 0 Å². The van der Waals surface area contributed by atoms with Gasteiger partial charge in [0.25, 0.3) is 5.91 Å². The first-order valence-corrected chi connectivity index (χ1v) is 7.95. The number of halogens is 1. The standard InChI is InChI=1S/C16H16ClNO2S/c1-10-13(17)5-4-6-14(10)18-16(19)12-8-7-11(21-3)9-15(12)20-2/h4-9H,1-3H3,(H,18,19). The molecule has 0 radical (unpaired) electrons. The van der Waals surface area contributed by atoms with Crippen LogP contribution < -0.4 is 10.1 Å². The second kappa shape index (κ2) is 6.87. The molecule has 1 amide bonds. The van der Waals surface area contributed by atoms with E-state index >= 15 is 0 Å². The van der Waals surface area contributed by atoms with Gasteiger partial charge >= 0.3 is 0 Å². The number of thioether (sulfide) groups is 1. The highest BCUT2D eigenvalue weighted by Crippen LogP contribution is 2.28. The van der Waals surface area contributed by atoms with E-state index in [-0.39, 0.29) is 5.91 Å². The van der Waals surface area contributed by atoms with Crippen molar-refractivity contribution < 1.29 is 9.53 Å². The highest BCUT2D eigenvalue weighted by atomic mass is 35.5. The van der Waals surface area contributed by atoms with Gasteiger partial charge in [-0.3, -0.25) is 4.79 Å². The molecule has 21 heavy (non-hydrogen) atoms. The highest BCUT2D eigenvalue weighted by Gasteiger charge is 2.14. The molecule has 0 saturated heterocycles. The van der Waals surface area contributed by atoms with Crippen molar-refractivity contribution >= 4 is 35.0 Å². The third-order valence-corrected chi connectivity index (χ3v) is 4.30. The zero-order valence-electron chi connectivity index (χ0n) is 12.1. The van der Waals surface area contributed by atoms with Gasteiger partial charge in [0.1, 0.15) is 5.75 Å². The van der Waals surface area contributed by atoms with E-state index in [1.54, 1.807) is 37.1 Å². The lowest BCUT2D eigenvalue weighted by Gasteiger charge is -2.12. The van der Waals surface area contributed by atoms with Gasteiger partial charge in [-0.2, -0.15) is 0 Å². The van der Waals surface area contributed by atoms with Gasteiger partial charge in [-0.15, -0.1) is 11.8 Å². The van der Waals surface area contributed by atoms with Crippen LogP contribution in [0.15, 0.2) is 41.3 Å². The van der Waals surface area contributed by atoms with Crippen LogP contribution >= 0.6 is 23.4 Å². The lowest BCUT2D eigenvalue weighted by Crippen LogP contribution is -2.14. The topological polar surface area (TPSA) is 38.3 Å². The van der Waals surface area contributed by atoms with Crippen molar-refractivity contribution in [2.75, 3.05) is 18.7 Å². The number of nitrogens with one attached hydrogen (secondary N) is 1. The molecule has 3 nitrogen and oxygen atoms in total. The molecule has 2 rings (SSSR count). The van der Waals surface area contributed by atoms with Crippen molar-refractivity contribution in [1.29, 1.82) is 0 Å². The number of hydrogen-bond donors (Lipinski definition) is 1. The first kappa shape index (κ1) is 15.7. The summed E-state index contributed by atoms with van der Waals surface area (Å²) in [5.41, 5.74) is 2.03. The average molecular weight is 322 g/mol. The van der Waals surface area contributed by atoms with Crippen LogP contribution in [-0.4, -0.2) is 19.3 Å². The summed E-state index contributed by atoms with van der Waals surface area (Å²) < 4.78 is 5.30. The molecule has 0 unspecified atom stereocenters. The summed E-state index contributed by atoms with van der Waals surface area (Å²) in [4.78, 5) is 13.5. The molecule has 110 valence electrons. The number of anilines is 1. The van der Waals surface area contributed by atoms with Crippen molar-refractivity contribution in [2.45, 2.75) is 11.8 Å². The number of amides is 1. The van der Waals surface area contributed by atoms with Gasteiger partial charge in [-0.1, -0.05) is 17.7 Å². The predicted molar refractivity (Wildman–Crippen MR) is 88.9 cm³/mol. The third kappa shape index (κ3) is 3.52. The fraction of sp³-hybridized carbons (Fsp3) is 0.188. The molecular weight excluding hydrogens is 306 g/mol. The lowest BCUT2D eigenvalue weighted by atomic mass is 10.1. The quantitative estimate of drug-likeness (QED) is 0.834. The van der Waals surface area contributed by atoms with Crippen LogP contribution in [0.5, 0.6) is 5.75 Å². The SMILES string of the molecule is COc1cc(SC)ccc1C(=O)Nc1cccc(Cl)c1C. The average Bonchev–Trinajstić information content (AvgIpc) is 2.51. The van der Waals surface area contributed by atoms with Crippen molar-refractivity contribution in [2.24, 2.45) is 0 Å². The molecule has 0 aromatic heterocycles. The van der Waals surface area contributed by atoms with Crippen LogP contribution in [0.1, 0.15) is 15.9 Å². The monoisotopic (exact) mass is 321 g/mol. The van der Waals surface area contributed by atoms with E-state index in [1.807, 2.05) is 31.4 Å².